The molecule has 0 saturated carbocycles. The van der Waals surface area contributed by atoms with Crippen LogP contribution in [-0.4, -0.2) is 52.5 Å². The summed E-state index contributed by atoms with van der Waals surface area (Å²) in [6.45, 7) is 1.43. The predicted octanol–water partition coefficient (Wildman–Crippen LogP) is 3.37. The van der Waals surface area contributed by atoms with Crippen molar-refractivity contribution < 1.29 is 47.2 Å². The molecule has 1 aromatic heterocycles. The number of H-pyrrole nitrogens is 1. The topological polar surface area (TPSA) is 161 Å². The van der Waals surface area contributed by atoms with Gasteiger partial charge in [-0.1, -0.05) is 74.5 Å². The highest BCUT2D eigenvalue weighted by Crippen LogP contribution is 2.42. The maximum Gasteiger partial charge on any atom is 0.509 e. The quantitative estimate of drug-likeness (QED) is 0.268. The Balaban J connectivity index is 1.63. The Morgan fingerprint density at radius 3 is 1.98 bits per heavy atom. The Morgan fingerprint density at radius 2 is 1.44 bits per heavy atom. The van der Waals surface area contributed by atoms with Crippen molar-refractivity contribution in [1.29, 1.82) is 0 Å². The van der Waals surface area contributed by atoms with Gasteiger partial charge in [0, 0.05) is 12.3 Å². The average Bonchev–Trinajstić information content (AvgIpc) is 3.25. The fourth-order valence-electron chi connectivity index (χ4n) is 4.02. The van der Waals surface area contributed by atoms with Gasteiger partial charge in [0.25, 0.3) is 11.4 Å². The smallest absolute Gasteiger partial charge is 0.459 e. The van der Waals surface area contributed by atoms with Crippen LogP contribution in [0.4, 0.5) is 14.0 Å². The summed E-state index contributed by atoms with van der Waals surface area (Å²) in [6, 6.07) is 18.0. The fourth-order valence-corrected chi connectivity index (χ4v) is 4.02. The minimum Gasteiger partial charge on any atom is -0.459 e. The molecule has 0 amide bonds. The monoisotopic (exact) mass is 600 g/mol. The van der Waals surface area contributed by atoms with Gasteiger partial charge in [0.15, 0.2) is 18.9 Å². The van der Waals surface area contributed by atoms with E-state index in [0.29, 0.717) is 15.7 Å². The number of benzene rings is 2. The first kappa shape index (κ1) is 31.0. The maximum atomic E-state index is 16.6. The maximum absolute atomic E-state index is 16.6. The molecule has 13 nitrogen and oxygen atoms in total. The van der Waals surface area contributed by atoms with Crippen LogP contribution in [0.25, 0.3) is 0 Å². The molecule has 1 aliphatic heterocycles. The molecule has 1 N–H and O–H groups in total. The SMILES string of the molecule is CC(C)C(=O)OC[C@@]1(F)O[C@@H](n2ccc(=O)[nH]c2=O)[C@H](OC(=O)OCc2ccccc2)[C@@H]1OC(=O)OCc1ccccc1. The van der Waals surface area contributed by atoms with Crippen LogP contribution in [0.1, 0.15) is 31.2 Å². The summed E-state index contributed by atoms with van der Waals surface area (Å²) >= 11 is 0. The minimum atomic E-state index is -3.15. The van der Waals surface area contributed by atoms with E-state index in [9.17, 15) is 24.0 Å². The summed E-state index contributed by atoms with van der Waals surface area (Å²) in [5.74, 6) is -4.62. The molecule has 2 heterocycles. The second-order valence-electron chi connectivity index (χ2n) is 9.74. The largest absolute Gasteiger partial charge is 0.509 e. The van der Waals surface area contributed by atoms with Crippen molar-refractivity contribution in [2.24, 2.45) is 5.92 Å². The molecule has 43 heavy (non-hydrogen) atoms. The van der Waals surface area contributed by atoms with Gasteiger partial charge in [0.1, 0.15) is 13.2 Å². The number of carbonyl (C=O) groups is 3. The Labute approximate surface area is 244 Å². The highest BCUT2D eigenvalue weighted by Gasteiger charge is 2.63. The van der Waals surface area contributed by atoms with E-state index in [1.54, 1.807) is 60.7 Å². The lowest BCUT2D eigenvalue weighted by Gasteiger charge is -2.27. The molecule has 228 valence electrons. The molecule has 0 aliphatic carbocycles. The molecule has 0 bridgehead atoms. The van der Waals surface area contributed by atoms with Crippen LogP contribution in [0.3, 0.4) is 0 Å². The third-order valence-corrected chi connectivity index (χ3v) is 6.18. The zero-order valence-electron chi connectivity index (χ0n) is 23.2. The summed E-state index contributed by atoms with van der Waals surface area (Å²) in [4.78, 5) is 64.0. The predicted molar refractivity (Wildman–Crippen MR) is 144 cm³/mol. The number of aromatic amines is 1. The van der Waals surface area contributed by atoms with E-state index in [1.165, 1.54) is 13.8 Å². The zero-order valence-corrected chi connectivity index (χ0v) is 23.2. The molecular formula is C29H29FN2O11. The summed E-state index contributed by atoms with van der Waals surface area (Å²) < 4.78 is 48.7. The van der Waals surface area contributed by atoms with Gasteiger partial charge in [0.05, 0.1) is 5.92 Å². The Morgan fingerprint density at radius 1 is 0.884 bits per heavy atom. The number of halogens is 1. The van der Waals surface area contributed by atoms with Crippen LogP contribution in [-0.2, 0) is 46.4 Å². The van der Waals surface area contributed by atoms with E-state index < -0.39 is 66.3 Å². The summed E-state index contributed by atoms with van der Waals surface area (Å²) in [7, 11) is 0. The number of ether oxygens (including phenoxy) is 6. The van der Waals surface area contributed by atoms with Gasteiger partial charge in [-0.15, -0.1) is 0 Å². The van der Waals surface area contributed by atoms with Gasteiger partial charge < -0.3 is 28.4 Å². The molecule has 3 aromatic rings. The number of nitrogens with one attached hydrogen (secondary N) is 1. The van der Waals surface area contributed by atoms with Gasteiger partial charge in [-0.25, -0.2) is 18.8 Å². The van der Waals surface area contributed by atoms with Gasteiger partial charge in [0.2, 0.25) is 6.10 Å². The Bertz CT molecular complexity index is 1530. The number of hydrogen-bond acceptors (Lipinski definition) is 11. The molecule has 1 fully saturated rings. The third-order valence-electron chi connectivity index (χ3n) is 6.18. The fraction of sp³-hybridized carbons (Fsp3) is 0.345. The van der Waals surface area contributed by atoms with E-state index >= 15 is 4.39 Å². The molecule has 1 saturated heterocycles. The number of rotatable bonds is 10. The minimum absolute atomic E-state index is 0.228. The number of aromatic nitrogens is 2. The second kappa shape index (κ2) is 13.8. The molecule has 0 unspecified atom stereocenters. The van der Waals surface area contributed by atoms with Crippen LogP contribution in [0, 0.1) is 5.92 Å². The highest BCUT2D eigenvalue weighted by molar-refractivity contribution is 5.71. The van der Waals surface area contributed by atoms with E-state index in [4.69, 9.17) is 28.4 Å². The summed E-state index contributed by atoms with van der Waals surface area (Å²) in [5.41, 5.74) is -0.631. The van der Waals surface area contributed by atoms with E-state index in [-0.39, 0.29) is 13.2 Å². The van der Waals surface area contributed by atoms with Crippen LogP contribution in [0.15, 0.2) is 82.5 Å². The van der Waals surface area contributed by atoms with Gasteiger partial charge in [-0.05, 0) is 11.1 Å². The molecule has 4 rings (SSSR count). The number of carbonyl (C=O) groups excluding carboxylic acids is 3. The van der Waals surface area contributed by atoms with Gasteiger partial charge >= 0.3 is 24.0 Å². The lowest BCUT2D eigenvalue weighted by atomic mass is 10.1. The lowest BCUT2D eigenvalue weighted by Crippen LogP contribution is -2.48. The molecule has 4 atom stereocenters. The first-order valence-corrected chi connectivity index (χ1v) is 13.2. The first-order valence-electron chi connectivity index (χ1n) is 13.2. The van der Waals surface area contributed by atoms with Crippen molar-refractivity contribution in [2.75, 3.05) is 6.61 Å². The van der Waals surface area contributed by atoms with E-state index in [2.05, 4.69) is 0 Å². The second-order valence-corrected chi connectivity index (χ2v) is 9.74. The average molecular weight is 601 g/mol. The molecule has 0 radical (unpaired) electrons. The van der Waals surface area contributed by atoms with Gasteiger partial charge in [-0.3, -0.25) is 19.1 Å². The van der Waals surface area contributed by atoms with Crippen LogP contribution >= 0.6 is 0 Å². The van der Waals surface area contributed by atoms with Crippen LogP contribution in [0.2, 0.25) is 0 Å². The summed E-state index contributed by atoms with van der Waals surface area (Å²) in [6.07, 6.45) is -7.58. The molecule has 14 heteroatoms. The van der Waals surface area contributed by atoms with Crippen LogP contribution < -0.4 is 11.2 Å². The van der Waals surface area contributed by atoms with E-state index in [0.717, 1.165) is 12.3 Å². The number of nitrogens with zero attached hydrogens (tertiary/aromatic N) is 1. The van der Waals surface area contributed by atoms with Crippen LogP contribution in [0.5, 0.6) is 0 Å². The standard InChI is InChI=1S/C29H29FN2O11/c1-18(2)25(34)40-17-29(30)23(42-28(37)39-16-20-11-7-4-8-12-20)22(24(43-29)32-14-13-21(33)31-26(32)35)41-27(36)38-15-19-9-5-3-6-10-19/h3-14,18,22-24H,15-17H2,1-2H3,(H,31,33,35)/t22-,23+,24-,29-/m1/s1. The number of esters is 1. The molecule has 0 spiro atoms. The lowest BCUT2D eigenvalue weighted by molar-refractivity contribution is -0.220. The first-order chi connectivity index (χ1) is 20.6. The molecule has 2 aromatic carbocycles. The van der Waals surface area contributed by atoms with Crippen molar-refractivity contribution in [3.05, 3.63) is 105 Å². The van der Waals surface area contributed by atoms with Crippen molar-refractivity contribution in [1.82, 2.24) is 9.55 Å². The summed E-state index contributed by atoms with van der Waals surface area (Å²) in [5, 5.41) is 0. The zero-order chi connectivity index (χ0) is 31.0. The normalized spacial score (nSPS) is 21.2. The number of hydrogen-bond donors (Lipinski definition) is 1. The Hall–Kier alpha value is -4.98. The third kappa shape index (κ3) is 8.07. The Kier molecular flexibility index (Phi) is 9.93. The van der Waals surface area contributed by atoms with Gasteiger partial charge in [-0.2, -0.15) is 0 Å². The number of alkyl halides is 1. The molecular weight excluding hydrogens is 571 g/mol. The highest BCUT2D eigenvalue weighted by atomic mass is 19.2. The van der Waals surface area contributed by atoms with Crippen molar-refractivity contribution in [3.8, 4) is 0 Å². The van der Waals surface area contributed by atoms with Crippen molar-refractivity contribution >= 4 is 18.3 Å². The van der Waals surface area contributed by atoms with E-state index in [1.807, 2.05) is 4.98 Å². The van der Waals surface area contributed by atoms with Crippen molar-refractivity contribution in [3.63, 3.8) is 0 Å². The van der Waals surface area contributed by atoms with Crippen molar-refractivity contribution in [2.45, 2.75) is 51.4 Å². The molecule has 1 aliphatic rings.